The van der Waals surface area contributed by atoms with Crippen molar-refractivity contribution in [3.63, 3.8) is 0 Å². The molecule has 1 aliphatic rings. The van der Waals surface area contributed by atoms with E-state index in [2.05, 4.69) is 6.07 Å². The number of rotatable bonds is 1. The average molecular weight is 209 g/mol. The van der Waals surface area contributed by atoms with E-state index in [1.807, 2.05) is 4.90 Å². The Kier molecular flexibility index (Phi) is 2.32. The maximum Gasteiger partial charge on any atom is 0.101 e. The van der Waals surface area contributed by atoms with E-state index in [1.54, 1.807) is 18.2 Å². The molecule has 72 valence electrons. The molecule has 4 heteroatoms. The second-order valence-electron chi connectivity index (χ2n) is 3.33. The van der Waals surface area contributed by atoms with Crippen LogP contribution in [0.15, 0.2) is 18.2 Å². The van der Waals surface area contributed by atoms with Crippen LogP contribution in [0.3, 0.4) is 0 Å². The van der Waals surface area contributed by atoms with Gasteiger partial charge in [0.15, 0.2) is 0 Å². The third-order valence-electron chi connectivity index (χ3n) is 2.28. The molecular weight excluding hydrogens is 200 g/mol. The Bertz CT molecular complexity index is 394. The molecule has 1 saturated heterocycles. The zero-order valence-electron chi connectivity index (χ0n) is 7.44. The Morgan fingerprint density at radius 1 is 1.50 bits per heavy atom. The lowest BCUT2D eigenvalue weighted by Crippen LogP contribution is -2.51. The minimum Gasteiger partial charge on any atom is -0.389 e. The van der Waals surface area contributed by atoms with Gasteiger partial charge in [-0.2, -0.15) is 5.26 Å². The van der Waals surface area contributed by atoms with E-state index in [-0.39, 0.29) is 6.10 Å². The number of anilines is 1. The molecule has 0 atom stereocenters. The molecule has 0 amide bonds. The minimum absolute atomic E-state index is 0.277. The predicted octanol–water partition coefficient (Wildman–Crippen LogP) is 1.39. The van der Waals surface area contributed by atoms with E-state index in [9.17, 15) is 0 Å². The van der Waals surface area contributed by atoms with Gasteiger partial charge in [-0.05, 0) is 18.2 Å². The highest BCUT2D eigenvalue weighted by atomic mass is 35.5. The van der Waals surface area contributed by atoms with Crippen LogP contribution in [0.25, 0.3) is 0 Å². The molecule has 1 N–H and O–H groups in total. The van der Waals surface area contributed by atoms with Crippen molar-refractivity contribution in [2.45, 2.75) is 6.10 Å². The molecule has 1 aromatic rings. The largest absolute Gasteiger partial charge is 0.389 e. The van der Waals surface area contributed by atoms with Crippen LogP contribution >= 0.6 is 11.6 Å². The standard InChI is InChI=1S/C10H9ClN2O/c11-8-2-1-7(4-12)10(3-8)13-5-9(14)6-13/h1-3,9,14H,5-6H2. The molecule has 1 aliphatic heterocycles. The first-order valence-corrected chi connectivity index (χ1v) is 4.71. The first-order chi connectivity index (χ1) is 6.70. The lowest BCUT2D eigenvalue weighted by Gasteiger charge is -2.38. The summed E-state index contributed by atoms with van der Waals surface area (Å²) in [7, 11) is 0. The summed E-state index contributed by atoms with van der Waals surface area (Å²) >= 11 is 5.84. The molecule has 1 fully saturated rings. The number of benzene rings is 1. The molecule has 2 rings (SSSR count). The molecule has 1 heterocycles. The van der Waals surface area contributed by atoms with Crippen LogP contribution in [0.5, 0.6) is 0 Å². The summed E-state index contributed by atoms with van der Waals surface area (Å²) in [6.07, 6.45) is -0.277. The van der Waals surface area contributed by atoms with Gasteiger partial charge in [-0.15, -0.1) is 0 Å². The highest BCUT2D eigenvalue weighted by molar-refractivity contribution is 6.30. The summed E-state index contributed by atoms with van der Waals surface area (Å²) in [5, 5.41) is 18.6. The van der Waals surface area contributed by atoms with E-state index in [4.69, 9.17) is 22.0 Å². The molecule has 3 nitrogen and oxygen atoms in total. The summed E-state index contributed by atoms with van der Waals surface area (Å²) in [5.41, 5.74) is 1.41. The fourth-order valence-electron chi connectivity index (χ4n) is 1.51. The number of aliphatic hydroxyl groups is 1. The van der Waals surface area contributed by atoms with Crippen molar-refractivity contribution < 1.29 is 5.11 Å². The lowest BCUT2D eigenvalue weighted by molar-refractivity contribution is 0.142. The molecular formula is C10H9ClN2O. The van der Waals surface area contributed by atoms with Crippen LogP contribution in [0.2, 0.25) is 5.02 Å². The van der Waals surface area contributed by atoms with E-state index in [1.165, 1.54) is 0 Å². The van der Waals surface area contributed by atoms with Crippen LogP contribution in [-0.2, 0) is 0 Å². The van der Waals surface area contributed by atoms with Gasteiger partial charge in [0.25, 0.3) is 0 Å². The van der Waals surface area contributed by atoms with Crippen LogP contribution in [0, 0.1) is 11.3 Å². The fourth-order valence-corrected chi connectivity index (χ4v) is 1.68. The summed E-state index contributed by atoms with van der Waals surface area (Å²) < 4.78 is 0. The number of nitrogens with zero attached hydrogens (tertiary/aromatic N) is 2. The van der Waals surface area contributed by atoms with Crippen molar-refractivity contribution in [1.82, 2.24) is 0 Å². The number of aliphatic hydroxyl groups excluding tert-OH is 1. The van der Waals surface area contributed by atoms with Crippen LogP contribution in [-0.4, -0.2) is 24.3 Å². The van der Waals surface area contributed by atoms with Crippen molar-refractivity contribution in [3.05, 3.63) is 28.8 Å². The van der Waals surface area contributed by atoms with Crippen LogP contribution in [0.1, 0.15) is 5.56 Å². The molecule has 14 heavy (non-hydrogen) atoms. The van der Waals surface area contributed by atoms with E-state index < -0.39 is 0 Å². The summed E-state index contributed by atoms with van der Waals surface area (Å²) in [6.45, 7) is 1.16. The molecule has 1 aromatic carbocycles. The Hall–Kier alpha value is -1.24. The number of hydrogen-bond donors (Lipinski definition) is 1. The maximum atomic E-state index is 9.15. The van der Waals surface area contributed by atoms with Gasteiger partial charge in [0, 0.05) is 18.1 Å². The van der Waals surface area contributed by atoms with Crippen LogP contribution in [0.4, 0.5) is 5.69 Å². The Morgan fingerprint density at radius 2 is 2.21 bits per heavy atom. The first kappa shape index (κ1) is 9.32. The number of nitriles is 1. The van der Waals surface area contributed by atoms with E-state index in [0.717, 1.165) is 5.69 Å². The number of hydrogen-bond acceptors (Lipinski definition) is 3. The van der Waals surface area contributed by atoms with Crippen molar-refractivity contribution >= 4 is 17.3 Å². The second kappa shape index (κ2) is 3.49. The highest BCUT2D eigenvalue weighted by Crippen LogP contribution is 2.27. The lowest BCUT2D eigenvalue weighted by atomic mass is 10.1. The van der Waals surface area contributed by atoms with Gasteiger partial charge >= 0.3 is 0 Å². The Labute approximate surface area is 87.1 Å². The minimum atomic E-state index is -0.277. The predicted molar refractivity (Wildman–Crippen MR) is 54.4 cm³/mol. The van der Waals surface area contributed by atoms with Gasteiger partial charge in [0.05, 0.1) is 17.4 Å². The summed E-state index contributed by atoms with van der Waals surface area (Å²) in [6, 6.07) is 7.25. The maximum absolute atomic E-state index is 9.15. The molecule has 0 spiro atoms. The quantitative estimate of drug-likeness (QED) is 0.759. The highest BCUT2D eigenvalue weighted by Gasteiger charge is 2.26. The molecule has 0 aliphatic carbocycles. The van der Waals surface area contributed by atoms with Gasteiger partial charge in [0.2, 0.25) is 0 Å². The zero-order chi connectivity index (χ0) is 10.1. The van der Waals surface area contributed by atoms with Crippen molar-refractivity contribution in [3.8, 4) is 6.07 Å². The fraction of sp³-hybridized carbons (Fsp3) is 0.300. The Balaban J connectivity index is 2.32. The zero-order valence-corrected chi connectivity index (χ0v) is 8.20. The number of halogens is 1. The van der Waals surface area contributed by atoms with Crippen molar-refractivity contribution in [1.29, 1.82) is 5.26 Å². The molecule has 0 aromatic heterocycles. The third-order valence-corrected chi connectivity index (χ3v) is 2.52. The second-order valence-corrected chi connectivity index (χ2v) is 3.77. The molecule has 0 radical (unpaired) electrons. The van der Waals surface area contributed by atoms with Gasteiger partial charge < -0.3 is 10.0 Å². The molecule has 0 saturated carbocycles. The van der Waals surface area contributed by atoms with Gasteiger partial charge in [0.1, 0.15) is 6.07 Å². The smallest absolute Gasteiger partial charge is 0.101 e. The summed E-state index contributed by atoms with van der Waals surface area (Å²) in [4.78, 5) is 1.94. The van der Waals surface area contributed by atoms with Gasteiger partial charge in [-0.25, -0.2) is 0 Å². The van der Waals surface area contributed by atoms with Crippen molar-refractivity contribution in [2.24, 2.45) is 0 Å². The summed E-state index contributed by atoms with van der Waals surface area (Å²) in [5.74, 6) is 0. The van der Waals surface area contributed by atoms with Gasteiger partial charge in [-0.3, -0.25) is 0 Å². The monoisotopic (exact) mass is 208 g/mol. The first-order valence-electron chi connectivity index (χ1n) is 4.33. The Morgan fingerprint density at radius 3 is 2.79 bits per heavy atom. The normalized spacial score (nSPS) is 16.2. The van der Waals surface area contributed by atoms with Crippen LogP contribution < -0.4 is 4.90 Å². The topological polar surface area (TPSA) is 47.3 Å². The number of β-amino-alcohol motifs (C(OH)–C–C–N with tert-alkyl or cyclic N) is 1. The third kappa shape index (κ3) is 1.54. The van der Waals surface area contributed by atoms with Crippen molar-refractivity contribution in [2.75, 3.05) is 18.0 Å². The van der Waals surface area contributed by atoms with E-state index >= 15 is 0 Å². The SMILES string of the molecule is N#Cc1ccc(Cl)cc1N1CC(O)C1. The van der Waals surface area contributed by atoms with E-state index in [0.29, 0.717) is 23.7 Å². The average Bonchev–Trinajstić information content (AvgIpc) is 2.13. The molecule has 0 unspecified atom stereocenters. The van der Waals surface area contributed by atoms with Gasteiger partial charge in [-0.1, -0.05) is 11.6 Å². The molecule has 0 bridgehead atoms.